The van der Waals surface area contributed by atoms with Gasteiger partial charge in [-0.05, 0) is 38.5 Å². The molecule has 118 valence electrons. The van der Waals surface area contributed by atoms with E-state index in [1.807, 2.05) is 39.0 Å². The molecule has 5 nitrogen and oxygen atoms in total. The molecule has 0 fully saturated rings. The molecule has 0 aliphatic rings. The lowest BCUT2D eigenvalue weighted by Gasteiger charge is -2.20. The minimum atomic E-state index is -0.620. The maximum Gasteiger partial charge on any atom is 0.221 e. The van der Waals surface area contributed by atoms with Gasteiger partial charge < -0.3 is 20.5 Å². The number of benzene rings is 1. The largest absolute Gasteiger partial charge is 0.497 e. The van der Waals surface area contributed by atoms with Gasteiger partial charge >= 0.3 is 0 Å². The maximum atomic E-state index is 11.6. The molecule has 21 heavy (non-hydrogen) atoms. The van der Waals surface area contributed by atoms with Gasteiger partial charge in [0.25, 0.3) is 0 Å². The number of amides is 1. The summed E-state index contributed by atoms with van der Waals surface area (Å²) in [6.07, 6.45) is -0.229. The van der Waals surface area contributed by atoms with Crippen LogP contribution in [0.3, 0.4) is 0 Å². The van der Waals surface area contributed by atoms with Crippen molar-refractivity contribution in [3.05, 3.63) is 29.8 Å². The van der Waals surface area contributed by atoms with E-state index in [0.29, 0.717) is 19.5 Å². The van der Waals surface area contributed by atoms with E-state index in [4.69, 9.17) is 4.74 Å². The van der Waals surface area contributed by atoms with Crippen molar-refractivity contribution in [2.75, 3.05) is 20.2 Å². The van der Waals surface area contributed by atoms with Gasteiger partial charge in [-0.25, -0.2) is 0 Å². The van der Waals surface area contributed by atoms with Crippen LogP contribution in [0.4, 0.5) is 0 Å². The molecule has 0 radical (unpaired) electrons. The zero-order valence-corrected chi connectivity index (χ0v) is 13.3. The Morgan fingerprint density at radius 1 is 1.38 bits per heavy atom. The number of nitrogens with one attached hydrogen (secondary N) is 2. The molecule has 0 bridgehead atoms. The summed E-state index contributed by atoms with van der Waals surface area (Å²) in [6.45, 7) is 6.78. The highest BCUT2D eigenvalue weighted by Crippen LogP contribution is 2.18. The zero-order chi connectivity index (χ0) is 15.9. The van der Waals surface area contributed by atoms with E-state index in [2.05, 4.69) is 10.6 Å². The van der Waals surface area contributed by atoms with Crippen LogP contribution in [0, 0.1) is 0 Å². The highest BCUT2D eigenvalue weighted by Gasteiger charge is 2.13. The third-order valence-electron chi connectivity index (χ3n) is 2.86. The molecule has 0 heterocycles. The molecule has 0 spiro atoms. The van der Waals surface area contributed by atoms with Crippen LogP contribution in [-0.4, -0.2) is 36.8 Å². The fourth-order valence-electron chi connectivity index (χ4n) is 1.89. The highest BCUT2D eigenvalue weighted by molar-refractivity contribution is 5.76. The second-order valence-corrected chi connectivity index (χ2v) is 6.04. The van der Waals surface area contributed by atoms with E-state index in [1.165, 1.54) is 0 Å². The van der Waals surface area contributed by atoms with E-state index in [9.17, 15) is 9.90 Å². The van der Waals surface area contributed by atoms with Gasteiger partial charge in [0.1, 0.15) is 5.75 Å². The molecule has 0 saturated carbocycles. The summed E-state index contributed by atoms with van der Waals surface area (Å²) in [7, 11) is 1.59. The number of carbonyl (C=O) groups is 1. The van der Waals surface area contributed by atoms with Crippen LogP contribution in [0.1, 0.15) is 38.9 Å². The number of hydrogen-bond acceptors (Lipinski definition) is 4. The van der Waals surface area contributed by atoms with Crippen LogP contribution in [0.25, 0.3) is 0 Å². The summed E-state index contributed by atoms with van der Waals surface area (Å²) in [6, 6.07) is 7.33. The molecule has 0 aliphatic carbocycles. The predicted molar refractivity (Wildman–Crippen MR) is 83.3 cm³/mol. The first-order valence-corrected chi connectivity index (χ1v) is 7.15. The molecule has 1 aromatic rings. The zero-order valence-electron chi connectivity index (χ0n) is 13.3. The Balaban J connectivity index is 2.30. The lowest BCUT2D eigenvalue weighted by atomic mass is 10.1. The number of ether oxygens (including phenoxy) is 1. The summed E-state index contributed by atoms with van der Waals surface area (Å²) < 4.78 is 5.12. The van der Waals surface area contributed by atoms with Crippen LogP contribution in [0.5, 0.6) is 5.75 Å². The van der Waals surface area contributed by atoms with Gasteiger partial charge in [0.05, 0.1) is 13.2 Å². The molecule has 1 amide bonds. The normalized spacial score (nSPS) is 12.8. The summed E-state index contributed by atoms with van der Waals surface area (Å²) >= 11 is 0. The van der Waals surface area contributed by atoms with E-state index >= 15 is 0 Å². The summed E-state index contributed by atoms with van der Waals surface area (Å²) in [5.74, 6) is 0.724. The van der Waals surface area contributed by atoms with Gasteiger partial charge in [-0.1, -0.05) is 12.1 Å². The lowest BCUT2D eigenvalue weighted by Crippen LogP contribution is -2.41. The van der Waals surface area contributed by atoms with Crippen molar-refractivity contribution in [3.8, 4) is 5.75 Å². The average Bonchev–Trinajstić information content (AvgIpc) is 2.41. The molecule has 0 aromatic heterocycles. The third kappa shape index (κ3) is 7.11. The number of aliphatic hydroxyl groups is 1. The van der Waals surface area contributed by atoms with Crippen LogP contribution >= 0.6 is 0 Å². The maximum absolute atomic E-state index is 11.6. The average molecular weight is 294 g/mol. The van der Waals surface area contributed by atoms with Crippen molar-refractivity contribution < 1.29 is 14.6 Å². The van der Waals surface area contributed by atoms with Crippen molar-refractivity contribution >= 4 is 5.91 Å². The first-order chi connectivity index (χ1) is 9.81. The Kier molecular flexibility index (Phi) is 6.65. The van der Waals surface area contributed by atoms with Gasteiger partial charge in [0.2, 0.25) is 5.91 Å². The fourth-order valence-corrected chi connectivity index (χ4v) is 1.89. The van der Waals surface area contributed by atoms with E-state index in [0.717, 1.165) is 11.3 Å². The van der Waals surface area contributed by atoms with Crippen molar-refractivity contribution in [2.24, 2.45) is 0 Å². The Bertz CT molecular complexity index is 455. The number of rotatable bonds is 7. The van der Waals surface area contributed by atoms with E-state index in [-0.39, 0.29) is 11.4 Å². The van der Waals surface area contributed by atoms with Crippen molar-refractivity contribution in [2.45, 2.75) is 38.8 Å². The Morgan fingerprint density at radius 2 is 2.10 bits per heavy atom. The quantitative estimate of drug-likeness (QED) is 0.668. The minimum absolute atomic E-state index is 0.00544. The standard InChI is InChI=1S/C16H26N2O3/c1-16(2,3)18-15(20)8-9-17-11-14(19)12-6-5-7-13(10-12)21-4/h5-7,10,14,17,19H,8-9,11H2,1-4H3,(H,18,20). The number of methoxy groups -OCH3 is 1. The number of hydrogen-bond donors (Lipinski definition) is 3. The highest BCUT2D eigenvalue weighted by atomic mass is 16.5. The van der Waals surface area contributed by atoms with Gasteiger partial charge in [0.15, 0.2) is 0 Å². The van der Waals surface area contributed by atoms with Gasteiger partial charge in [0, 0.05) is 25.0 Å². The first-order valence-electron chi connectivity index (χ1n) is 7.15. The second kappa shape index (κ2) is 8.00. The van der Waals surface area contributed by atoms with Crippen LogP contribution in [0.2, 0.25) is 0 Å². The molecule has 5 heteroatoms. The van der Waals surface area contributed by atoms with Crippen molar-refractivity contribution in [1.82, 2.24) is 10.6 Å². The molecule has 1 unspecified atom stereocenters. The Labute approximate surface area is 126 Å². The van der Waals surface area contributed by atoms with Crippen LogP contribution in [-0.2, 0) is 4.79 Å². The molecule has 1 aromatic carbocycles. The second-order valence-electron chi connectivity index (χ2n) is 6.04. The first kappa shape index (κ1) is 17.5. The topological polar surface area (TPSA) is 70.6 Å². The molecular weight excluding hydrogens is 268 g/mol. The smallest absolute Gasteiger partial charge is 0.221 e. The monoisotopic (exact) mass is 294 g/mol. The van der Waals surface area contributed by atoms with Crippen molar-refractivity contribution in [1.29, 1.82) is 0 Å². The summed E-state index contributed by atoms with van der Waals surface area (Å²) in [4.78, 5) is 11.6. The van der Waals surface area contributed by atoms with Crippen molar-refractivity contribution in [3.63, 3.8) is 0 Å². The number of carbonyl (C=O) groups excluding carboxylic acids is 1. The van der Waals surface area contributed by atoms with Gasteiger partial charge in [-0.2, -0.15) is 0 Å². The van der Waals surface area contributed by atoms with Gasteiger partial charge in [-0.3, -0.25) is 4.79 Å². The van der Waals surface area contributed by atoms with E-state index < -0.39 is 6.10 Å². The number of aliphatic hydroxyl groups excluding tert-OH is 1. The van der Waals surface area contributed by atoms with Crippen LogP contribution < -0.4 is 15.4 Å². The molecule has 1 rings (SSSR count). The molecule has 0 saturated heterocycles. The third-order valence-corrected chi connectivity index (χ3v) is 2.86. The van der Waals surface area contributed by atoms with E-state index in [1.54, 1.807) is 13.2 Å². The van der Waals surface area contributed by atoms with Crippen LogP contribution in [0.15, 0.2) is 24.3 Å². The Hall–Kier alpha value is -1.59. The molecular formula is C16H26N2O3. The summed E-state index contributed by atoms with van der Waals surface area (Å²) in [5, 5.41) is 16.1. The molecule has 3 N–H and O–H groups in total. The lowest BCUT2D eigenvalue weighted by molar-refractivity contribution is -0.122. The fraction of sp³-hybridized carbons (Fsp3) is 0.562. The van der Waals surface area contributed by atoms with Gasteiger partial charge in [-0.15, -0.1) is 0 Å². The molecule has 0 aliphatic heterocycles. The predicted octanol–water partition coefficient (Wildman–Crippen LogP) is 1.62. The Morgan fingerprint density at radius 3 is 2.71 bits per heavy atom. The molecule has 1 atom stereocenters. The SMILES string of the molecule is COc1cccc(C(O)CNCCC(=O)NC(C)(C)C)c1. The summed E-state index contributed by atoms with van der Waals surface area (Å²) in [5.41, 5.74) is 0.581. The minimum Gasteiger partial charge on any atom is -0.497 e.